The highest BCUT2D eigenvalue weighted by molar-refractivity contribution is 6.02. The molecule has 6 heteroatoms. The molecule has 3 aromatic carbocycles. The van der Waals surface area contributed by atoms with Crippen molar-refractivity contribution in [2.24, 2.45) is 0 Å². The van der Waals surface area contributed by atoms with Crippen LogP contribution in [-0.2, 0) is 4.79 Å². The molecule has 0 aliphatic rings. The van der Waals surface area contributed by atoms with Gasteiger partial charge in [-0.05, 0) is 72.5 Å². The summed E-state index contributed by atoms with van der Waals surface area (Å²) in [6, 6.07) is 21.3. The number of hydrogen-bond donors (Lipinski definition) is 1. The largest absolute Gasteiger partial charge is 0.494 e. The van der Waals surface area contributed by atoms with E-state index in [1.54, 1.807) is 10.9 Å². The van der Waals surface area contributed by atoms with Gasteiger partial charge in [-0.1, -0.05) is 38.1 Å². The van der Waals surface area contributed by atoms with Gasteiger partial charge in [0.25, 0.3) is 0 Å². The van der Waals surface area contributed by atoms with Crippen LogP contribution < -0.4 is 10.1 Å². The molecule has 0 atom stereocenters. The summed E-state index contributed by atoms with van der Waals surface area (Å²) in [5.74, 6) is 1.09. The van der Waals surface area contributed by atoms with Gasteiger partial charge in [0.15, 0.2) is 0 Å². The molecule has 4 rings (SSSR count). The predicted molar refractivity (Wildman–Crippen MR) is 128 cm³/mol. The maximum atomic E-state index is 12.4. The molecule has 0 fully saturated rings. The maximum absolute atomic E-state index is 12.4. The summed E-state index contributed by atoms with van der Waals surface area (Å²) >= 11 is 0. The van der Waals surface area contributed by atoms with E-state index in [1.165, 1.54) is 11.6 Å². The summed E-state index contributed by atoms with van der Waals surface area (Å²) in [4.78, 5) is 13.9. The van der Waals surface area contributed by atoms with Crippen molar-refractivity contribution < 1.29 is 9.53 Å². The van der Waals surface area contributed by atoms with Crippen LogP contribution in [0.2, 0.25) is 0 Å². The van der Waals surface area contributed by atoms with Crippen LogP contribution in [0.15, 0.2) is 72.8 Å². The summed E-state index contributed by atoms with van der Waals surface area (Å²) in [7, 11) is 0. The molecule has 1 amide bonds. The van der Waals surface area contributed by atoms with Crippen molar-refractivity contribution >= 4 is 28.7 Å². The zero-order valence-corrected chi connectivity index (χ0v) is 18.4. The topological polar surface area (TPSA) is 69.0 Å². The van der Waals surface area contributed by atoms with Gasteiger partial charge in [0, 0.05) is 11.8 Å². The molecule has 1 heterocycles. The number of nitrogens with one attached hydrogen (secondary N) is 1. The molecule has 6 nitrogen and oxygen atoms in total. The molecule has 0 radical (unpaired) electrons. The number of amides is 1. The number of anilines is 1. The fraction of sp³-hybridized carbons (Fsp3) is 0.192. The molecular weight excluding hydrogens is 400 g/mol. The lowest BCUT2D eigenvalue weighted by atomic mass is 10.0. The highest BCUT2D eigenvalue weighted by atomic mass is 16.5. The second kappa shape index (κ2) is 9.47. The van der Waals surface area contributed by atoms with Crippen molar-refractivity contribution in [2.75, 3.05) is 11.9 Å². The van der Waals surface area contributed by atoms with E-state index < -0.39 is 0 Å². The van der Waals surface area contributed by atoms with Crippen LogP contribution in [0.25, 0.3) is 22.8 Å². The van der Waals surface area contributed by atoms with E-state index in [9.17, 15) is 4.79 Å². The summed E-state index contributed by atoms with van der Waals surface area (Å²) in [6.07, 6.45) is 3.34. The third-order valence-corrected chi connectivity index (χ3v) is 5.06. The zero-order chi connectivity index (χ0) is 22.5. The SMILES string of the molecule is CCOc1ccc(-n2nc3ccc(NC(=O)/C=C/c4ccc(C(C)C)cc4)cc3n2)cc1. The summed E-state index contributed by atoms with van der Waals surface area (Å²) in [6.45, 7) is 6.89. The quantitative estimate of drug-likeness (QED) is 0.391. The van der Waals surface area contributed by atoms with Crippen LogP contribution in [0.4, 0.5) is 5.69 Å². The average molecular weight is 427 g/mol. The molecule has 4 aromatic rings. The third-order valence-electron chi connectivity index (χ3n) is 5.06. The molecule has 0 aliphatic heterocycles. The highest BCUT2D eigenvalue weighted by Gasteiger charge is 2.07. The molecule has 0 bridgehead atoms. The van der Waals surface area contributed by atoms with Crippen LogP contribution in [-0.4, -0.2) is 27.5 Å². The molecule has 0 saturated heterocycles. The molecule has 1 aromatic heterocycles. The van der Waals surface area contributed by atoms with Gasteiger partial charge in [0.1, 0.15) is 16.8 Å². The van der Waals surface area contributed by atoms with Crippen molar-refractivity contribution in [3.63, 3.8) is 0 Å². The van der Waals surface area contributed by atoms with Crippen LogP contribution in [0.3, 0.4) is 0 Å². The molecular formula is C26H26N4O2. The number of aromatic nitrogens is 3. The summed E-state index contributed by atoms with van der Waals surface area (Å²) in [5.41, 5.74) is 5.21. The van der Waals surface area contributed by atoms with Crippen molar-refractivity contribution in [1.29, 1.82) is 0 Å². The van der Waals surface area contributed by atoms with Gasteiger partial charge in [-0.25, -0.2) is 0 Å². The Morgan fingerprint density at radius 2 is 1.72 bits per heavy atom. The van der Waals surface area contributed by atoms with E-state index in [2.05, 4.69) is 41.5 Å². The van der Waals surface area contributed by atoms with E-state index in [-0.39, 0.29) is 5.91 Å². The van der Waals surface area contributed by atoms with Gasteiger partial charge >= 0.3 is 0 Å². The van der Waals surface area contributed by atoms with E-state index in [1.807, 2.05) is 61.5 Å². The number of carbonyl (C=O) groups is 1. The first-order valence-corrected chi connectivity index (χ1v) is 10.7. The second-order valence-corrected chi connectivity index (χ2v) is 7.76. The molecule has 0 unspecified atom stereocenters. The van der Waals surface area contributed by atoms with E-state index in [4.69, 9.17) is 4.74 Å². The highest BCUT2D eigenvalue weighted by Crippen LogP contribution is 2.20. The van der Waals surface area contributed by atoms with Gasteiger partial charge < -0.3 is 10.1 Å². The Balaban J connectivity index is 1.44. The number of fused-ring (bicyclic) bond motifs is 1. The van der Waals surface area contributed by atoms with Crippen LogP contribution >= 0.6 is 0 Å². The van der Waals surface area contributed by atoms with Crippen molar-refractivity contribution in [2.45, 2.75) is 26.7 Å². The first-order valence-electron chi connectivity index (χ1n) is 10.7. The van der Waals surface area contributed by atoms with Gasteiger partial charge in [-0.3, -0.25) is 4.79 Å². The standard InChI is InChI=1S/C26H26N4O2/c1-4-32-23-13-11-22(12-14-23)30-28-24-15-10-21(17-25(24)29-30)27-26(31)16-7-19-5-8-20(9-6-19)18(2)3/h5-18H,4H2,1-3H3,(H,27,31)/b16-7+. The van der Waals surface area contributed by atoms with Gasteiger partial charge in [-0.15, -0.1) is 10.2 Å². The Morgan fingerprint density at radius 3 is 2.41 bits per heavy atom. The maximum Gasteiger partial charge on any atom is 0.248 e. The molecule has 1 N–H and O–H groups in total. The van der Waals surface area contributed by atoms with Gasteiger partial charge in [0.05, 0.1) is 12.3 Å². The number of benzene rings is 3. The summed E-state index contributed by atoms with van der Waals surface area (Å²) < 4.78 is 5.48. The minimum Gasteiger partial charge on any atom is -0.494 e. The Hall–Kier alpha value is -3.93. The number of rotatable bonds is 7. The first kappa shape index (κ1) is 21.3. The molecule has 32 heavy (non-hydrogen) atoms. The van der Waals surface area contributed by atoms with Gasteiger partial charge in [-0.2, -0.15) is 4.80 Å². The lowest BCUT2D eigenvalue weighted by Gasteiger charge is -2.04. The Labute approximate surface area is 187 Å². The minimum atomic E-state index is -0.198. The number of hydrogen-bond acceptors (Lipinski definition) is 4. The predicted octanol–water partition coefficient (Wildman–Crippen LogP) is 5.59. The second-order valence-electron chi connectivity index (χ2n) is 7.76. The van der Waals surface area contributed by atoms with E-state index in [0.717, 1.165) is 22.5 Å². The van der Waals surface area contributed by atoms with Crippen LogP contribution in [0, 0.1) is 0 Å². The monoisotopic (exact) mass is 426 g/mol. The first-order chi connectivity index (χ1) is 15.5. The average Bonchev–Trinajstić information content (AvgIpc) is 3.22. The van der Waals surface area contributed by atoms with Crippen molar-refractivity contribution in [3.05, 3.63) is 83.9 Å². The Morgan fingerprint density at radius 1 is 1.00 bits per heavy atom. The van der Waals surface area contributed by atoms with Gasteiger partial charge in [0.2, 0.25) is 5.91 Å². The van der Waals surface area contributed by atoms with E-state index in [0.29, 0.717) is 23.7 Å². The molecule has 0 aliphatic carbocycles. The lowest BCUT2D eigenvalue weighted by Crippen LogP contribution is -2.07. The number of carbonyl (C=O) groups excluding carboxylic acids is 1. The molecule has 0 spiro atoms. The van der Waals surface area contributed by atoms with Crippen LogP contribution in [0.5, 0.6) is 5.75 Å². The Kier molecular flexibility index (Phi) is 6.31. The van der Waals surface area contributed by atoms with Crippen molar-refractivity contribution in [3.8, 4) is 11.4 Å². The molecule has 0 saturated carbocycles. The number of ether oxygens (including phenoxy) is 1. The minimum absolute atomic E-state index is 0.198. The molecule has 162 valence electrons. The zero-order valence-electron chi connectivity index (χ0n) is 18.4. The normalized spacial score (nSPS) is 11.4. The lowest BCUT2D eigenvalue weighted by molar-refractivity contribution is -0.111. The summed E-state index contributed by atoms with van der Waals surface area (Å²) in [5, 5.41) is 11.9. The Bertz CT molecular complexity index is 1240. The smallest absolute Gasteiger partial charge is 0.248 e. The van der Waals surface area contributed by atoms with Crippen LogP contribution in [0.1, 0.15) is 37.8 Å². The van der Waals surface area contributed by atoms with Crippen molar-refractivity contribution in [1.82, 2.24) is 15.0 Å². The van der Waals surface area contributed by atoms with E-state index >= 15 is 0 Å². The fourth-order valence-corrected chi connectivity index (χ4v) is 3.30. The third kappa shape index (κ3) is 5.03. The number of nitrogens with zero attached hydrogens (tertiary/aromatic N) is 3. The fourth-order valence-electron chi connectivity index (χ4n) is 3.30.